The number of amides is 1. The van der Waals surface area contributed by atoms with Crippen molar-refractivity contribution in [2.45, 2.75) is 19.2 Å². The van der Waals surface area contributed by atoms with Crippen molar-refractivity contribution in [2.75, 3.05) is 12.5 Å². The zero-order chi connectivity index (χ0) is 16.5. The molecule has 1 amide bonds. The molecule has 0 aromatic heterocycles. The Kier molecular flexibility index (Phi) is 8.02. The van der Waals surface area contributed by atoms with Crippen LogP contribution in [-0.4, -0.2) is 39.8 Å². The largest absolute Gasteiger partial charge is 0.351 e. The Labute approximate surface area is 127 Å². The summed E-state index contributed by atoms with van der Waals surface area (Å²) in [4.78, 5) is 11.9. The summed E-state index contributed by atoms with van der Waals surface area (Å²) in [5.74, 6) is -1.58. The molecule has 22 heavy (non-hydrogen) atoms. The standard InChI is InChI=1S/C12H15F3N2O4S/c13-9-3-1-8(2-4-9)5-16-11(18)10(6-21-12(14)15)17-7-22(19)20/h1-4,10,12,17H,5-7H2,(H,16,18)(H,19,20). The molecule has 2 atom stereocenters. The highest BCUT2D eigenvalue weighted by molar-refractivity contribution is 7.79. The number of rotatable bonds is 9. The molecule has 0 aliphatic heterocycles. The minimum absolute atomic E-state index is 0.0498. The van der Waals surface area contributed by atoms with Gasteiger partial charge in [-0.2, -0.15) is 8.78 Å². The Morgan fingerprint density at radius 3 is 2.50 bits per heavy atom. The van der Waals surface area contributed by atoms with Crippen molar-refractivity contribution in [1.29, 1.82) is 0 Å². The van der Waals surface area contributed by atoms with E-state index in [2.05, 4.69) is 15.4 Å². The van der Waals surface area contributed by atoms with Gasteiger partial charge in [0.1, 0.15) is 11.9 Å². The Bertz CT molecular complexity index is 502. The van der Waals surface area contributed by atoms with Gasteiger partial charge < -0.3 is 14.6 Å². The summed E-state index contributed by atoms with van der Waals surface area (Å²) in [6.07, 6.45) is 0. The molecule has 0 aliphatic carbocycles. The van der Waals surface area contributed by atoms with Crippen LogP contribution in [0.1, 0.15) is 5.56 Å². The van der Waals surface area contributed by atoms with Gasteiger partial charge >= 0.3 is 6.61 Å². The molecular formula is C12H15F3N2O4S. The molecule has 0 heterocycles. The highest BCUT2D eigenvalue weighted by Crippen LogP contribution is 2.03. The highest BCUT2D eigenvalue weighted by Gasteiger charge is 2.20. The average Bonchev–Trinajstić information content (AvgIpc) is 2.46. The summed E-state index contributed by atoms with van der Waals surface area (Å²) >= 11 is -2.24. The van der Waals surface area contributed by atoms with Gasteiger partial charge in [0.2, 0.25) is 5.91 Å². The second-order valence-electron chi connectivity index (χ2n) is 4.16. The van der Waals surface area contributed by atoms with Crippen LogP contribution in [0, 0.1) is 5.82 Å². The molecule has 6 nitrogen and oxygen atoms in total. The molecule has 1 aromatic carbocycles. The van der Waals surface area contributed by atoms with Crippen LogP contribution in [0.3, 0.4) is 0 Å². The number of halogens is 3. The van der Waals surface area contributed by atoms with Crippen LogP contribution in [-0.2, 0) is 27.2 Å². The lowest BCUT2D eigenvalue weighted by Crippen LogP contribution is -2.48. The molecule has 0 radical (unpaired) electrons. The first-order valence-electron chi connectivity index (χ1n) is 6.11. The number of alkyl halides is 2. The Morgan fingerprint density at radius 1 is 1.32 bits per heavy atom. The van der Waals surface area contributed by atoms with Crippen LogP contribution < -0.4 is 10.6 Å². The predicted molar refractivity (Wildman–Crippen MR) is 72.8 cm³/mol. The number of benzene rings is 1. The van der Waals surface area contributed by atoms with Crippen molar-refractivity contribution in [1.82, 2.24) is 10.6 Å². The third kappa shape index (κ3) is 7.50. The van der Waals surface area contributed by atoms with E-state index in [0.29, 0.717) is 5.56 Å². The molecule has 0 bridgehead atoms. The Balaban J connectivity index is 2.53. The molecule has 0 spiro atoms. The molecule has 2 unspecified atom stereocenters. The van der Waals surface area contributed by atoms with E-state index < -0.39 is 47.9 Å². The van der Waals surface area contributed by atoms with Crippen LogP contribution in [0.25, 0.3) is 0 Å². The van der Waals surface area contributed by atoms with Crippen LogP contribution in [0.4, 0.5) is 13.2 Å². The van der Waals surface area contributed by atoms with E-state index in [1.165, 1.54) is 24.3 Å². The van der Waals surface area contributed by atoms with Crippen molar-refractivity contribution < 1.29 is 31.5 Å². The first-order valence-corrected chi connectivity index (χ1v) is 7.39. The highest BCUT2D eigenvalue weighted by atomic mass is 32.2. The molecule has 124 valence electrons. The van der Waals surface area contributed by atoms with Crippen LogP contribution in [0.15, 0.2) is 24.3 Å². The molecule has 1 rings (SSSR count). The minimum atomic E-state index is -3.06. The van der Waals surface area contributed by atoms with E-state index in [0.717, 1.165) is 0 Å². The van der Waals surface area contributed by atoms with E-state index in [1.807, 2.05) is 0 Å². The van der Waals surface area contributed by atoms with Gasteiger partial charge in [-0.25, -0.2) is 8.60 Å². The normalized spacial score (nSPS) is 13.9. The number of hydrogen-bond acceptors (Lipinski definition) is 4. The number of ether oxygens (including phenoxy) is 1. The van der Waals surface area contributed by atoms with Crippen LogP contribution >= 0.6 is 0 Å². The van der Waals surface area contributed by atoms with Gasteiger partial charge in [0.25, 0.3) is 0 Å². The van der Waals surface area contributed by atoms with Crippen molar-refractivity contribution in [3.8, 4) is 0 Å². The second-order valence-corrected chi connectivity index (χ2v) is 5.09. The number of nitrogens with one attached hydrogen (secondary N) is 2. The summed E-state index contributed by atoms with van der Waals surface area (Å²) < 4.78 is 60.0. The van der Waals surface area contributed by atoms with Crippen LogP contribution in [0.5, 0.6) is 0 Å². The zero-order valence-corrected chi connectivity index (χ0v) is 12.1. The monoisotopic (exact) mass is 340 g/mol. The first-order chi connectivity index (χ1) is 10.4. The molecule has 0 aliphatic rings. The molecule has 1 aromatic rings. The van der Waals surface area contributed by atoms with Gasteiger partial charge in [-0.3, -0.25) is 10.1 Å². The average molecular weight is 340 g/mol. The van der Waals surface area contributed by atoms with Crippen molar-refractivity contribution in [3.05, 3.63) is 35.6 Å². The van der Waals surface area contributed by atoms with Gasteiger partial charge in [0.05, 0.1) is 12.5 Å². The fourth-order valence-electron chi connectivity index (χ4n) is 1.48. The topological polar surface area (TPSA) is 87.7 Å². The van der Waals surface area contributed by atoms with E-state index in [4.69, 9.17) is 4.55 Å². The molecule has 0 saturated heterocycles. The number of carbonyl (C=O) groups excluding carboxylic acids is 1. The minimum Gasteiger partial charge on any atom is -0.351 e. The van der Waals surface area contributed by atoms with E-state index in [1.54, 1.807) is 0 Å². The van der Waals surface area contributed by atoms with Gasteiger partial charge in [-0.15, -0.1) is 0 Å². The fraction of sp³-hybridized carbons (Fsp3) is 0.417. The summed E-state index contributed by atoms with van der Waals surface area (Å²) in [5, 5.41) is 4.78. The smallest absolute Gasteiger partial charge is 0.345 e. The third-order valence-electron chi connectivity index (χ3n) is 2.54. The van der Waals surface area contributed by atoms with Crippen molar-refractivity contribution in [2.24, 2.45) is 0 Å². The number of carbonyl (C=O) groups is 1. The lowest BCUT2D eigenvalue weighted by molar-refractivity contribution is -0.143. The van der Waals surface area contributed by atoms with Crippen molar-refractivity contribution in [3.63, 3.8) is 0 Å². The van der Waals surface area contributed by atoms with Crippen LogP contribution in [0.2, 0.25) is 0 Å². The summed E-state index contributed by atoms with van der Waals surface area (Å²) in [6, 6.07) is 4.12. The van der Waals surface area contributed by atoms with E-state index >= 15 is 0 Å². The van der Waals surface area contributed by atoms with Gasteiger partial charge in [0.15, 0.2) is 11.1 Å². The summed E-state index contributed by atoms with van der Waals surface area (Å²) in [7, 11) is 0. The van der Waals surface area contributed by atoms with Gasteiger partial charge in [-0.1, -0.05) is 12.1 Å². The maximum atomic E-state index is 12.7. The first kappa shape index (κ1) is 18.6. The second kappa shape index (κ2) is 9.51. The third-order valence-corrected chi connectivity index (χ3v) is 2.95. The summed E-state index contributed by atoms with van der Waals surface area (Å²) in [5.41, 5.74) is 0.606. The van der Waals surface area contributed by atoms with Gasteiger partial charge in [0, 0.05) is 6.54 Å². The molecule has 0 saturated carbocycles. The lowest BCUT2D eigenvalue weighted by atomic mass is 10.2. The van der Waals surface area contributed by atoms with E-state index in [-0.39, 0.29) is 6.54 Å². The van der Waals surface area contributed by atoms with E-state index in [9.17, 15) is 22.2 Å². The SMILES string of the molecule is O=C(NCc1ccc(F)cc1)C(COC(F)F)NCS(=O)O. The van der Waals surface area contributed by atoms with Crippen molar-refractivity contribution >= 4 is 17.0 Å². The maximum Gasteiger partial charge on any atom is 0.345 e. The van der Waals surface area contributed by atoms with Gasteiger partial charge in [-0.05, 0) is 17.7 Å². The maximum absolute atomic E-state index is 12.7. The predicted octanol–water partition coefficient (Wildman–Crippen LogP) is 0.818. The number of hydrogen-bond donors (Lipinski definition) is 3. The fourth-order valence-corrected chi connectivity index (χ4v) is 1.83. The molecular weight excluding hydrogens is 325 g/mol. The zero-order valence-electron chi connectivity index (χ0n) is 11.3. The molecule has 10 heteroatoms. The Morgan fingerprint density at radius 2 is 1.95 bits per heavy atom. The lowest BCUT2D eigenvalue weighted by Gasteiger charge is -2.17. The Hall–Kier alpha value is -1.49. The quantitative estimate of drug-likeness (QED) is 0.579. The summed E-state index contributed by atoms with van der Waals surface area (Å²) in [6.45, 7) is -3.67. The molecule has 3 N–H and O–H groups in total. The molecule has 0 fully saturated rings.